The van der Waals surface area contributed by atoms with Gasteiger partial charge in [-0.3, -0.25) is 0 Å². The minimum absolute atomic E-state index is 0.0269. The van der Waals surface area contributed by atoms with Gasteiger partial charge in [0.05, 0.1) is 5.38 Å². The Kier molecular flexibility index (Phi) is 2.86. The van der Waals surface area contributed by atoms with Crippen molar-refractivity contribution in [3.8, 4) is 0 Å². The van der Waals surface area contributed by atoms with Crippen molar-refractivity contribution in [3.63, 3.8) is 0 Å². The van der Waals surface area contributed by atoms with Crippen LogP contribution in [-0.4, -0.2) is 0 Å². The van der Waals surface area contributed by atoms with Gasteiger partial charge >= 0.3 is 0 Å². The van der Waals surface area contributed by atoms with Crippen LogP contribution in [0.3, 0.4) is 0 Å². The van der Waals surface area contributed by atoms with E-state index in [9.17, 15) is 0 Å². The van der Waals surface area contributed by atoms with Crippen LogP contribution in [0.4, 0.5) is 0 Å². The van der Waals surface area contributed by atoms with Crippen LogP contribution in [0.15, 0.2) is 18.2 Å². The highest BCUT2D eigenvalue weighted by molar-refractivity contribution is 6.34. The lowest BCUT2D eigenvalue weighted by atomic mass is 9.94. The number of halogens is 3. The molecule has 0 amide bonds. The average Bonchev–Trinajstić information content (AvgIpc) is 2.88. The van der Waals surface area contributed by atoms with Crippen LogP contribution in [0, 0.1) is 17.8 Å². The standard InChI is InChI=1S/C13H13Cl3/c14-10-1-2-12(15)11(6-10)13(16)9-4-7-3-8(7)5-9/h1-2,6-9,13H,3-5H2. The average molecular weight is 276 g/mol. The summed E-state index contributed by atoms with van der Waals surface area (Å²) >= 11 is 18.7. The van der Waals surface area contributed by atoms with Crippen molar-refractivity contribution in [1.29, 1.82) is 0 Å². The molecule has 0 saturated heterocycles. The molecule has 0 aromatic heterocycles. The Bertz CT molecular complexity index is 406. The topological polar surface area (TPSA) is 0 Å². The van der Waals surface area contributed by atoms with Gasteiger partial charge in [-0.2, -0.15) is 0 Å². The van der Waals surface area contributed by atoms with Crippen molar-refractivity contribution in [1.82, 2.24) is 0 Å². The van der Waals surface area contributed by atoms with E-state index in [1.165, 1.54) is 19.3 Å². The molecule has 0 aliphatic heterocycles. The first kappa shape index (κ1) is 11.2. The zero-order valence-corrected chi connectivity index (χ0v) is 11.1. The summed E-state index contributed by atoms with van der Waals surface area (Å²) in [6, 6.07) is 5.55. The summed E-state index contributed by atoms with van der Waals surface area (Å²) in [7, 11) is 0. The van der Waals surface area contributed by atoms with Gasteiger partial charge in [0.25, 0.3) is 0 Å². The third-order valence-electron chi connectivity index (χ3n) is 3.95. The van der Waals surface area contributed by atoms with Gasteiger partial charge in [0.15, 0.2) is 0 Å². The zero-order chi connectivity index (χ0) is 11.3. The molecule has 0 spiro atoms. The first-order valence-corrected chi connectivity index (χ1v) is 6.93. The quantitative estimate of drug-likeness (QED) is 0.641. The molecule has 3 atom stereocenters. The molecule has 0 bridgehead atoms. The molecule has 1 aromatic rings. The Hall–Kier alpha value is 0.0900. The summed E-state index contributed by atoms with van der Waals surface area (Å²) in [5.41, 5.74) is 1.00. The van der Waals surface area contributed by atoms with Crippen LogP contribution in [-0.2, 0) is 0 Å². The van der Waals surface area contributed by atoms with Crippen LogP contribution in [0.2, 0.25) is 10.0 Å². The van der Waals surface area contributed by atoms with Gasteiger partial charge in [0.2, 0.25) is 0 Å². The lowest BCUT2D eigenvalue weighted by molar-refractivity contribution is 0.471. The predicted molar refractivity (Wildman–Crippen MR) is 69.4 cm³/mol. The van der Waals surface area contributed by atoms with Crippen LogP contribution in [0.5, 0.6) is 0 Å². The van der Waals surface area contributed by atoms with Crippen LogP contribution in [0.1, 0.15) is 30.2 Å². The highest BCUT2D eigenvalue weighted by Gasteiger charge is 2.47. The molecule has 3 rings (SSSR count). The molecule has 2 fully saturated rings. The molecule has 86 valence electrons. The SMILES string of the molecule is Clc1ccc(Cl)c(C(Cl)C2CC3CC3C2)c1. The van der Waals surface area contributed by atoms with Gasteiger partial charge in [-0.25, -0.2) is 0 Å². The molecule has 0 N–H and O–H groups in total. The van der Waals surface area contributed by atoms with E-state index >= 15 is 0 Å². The first-order chi connectivity index (χ1) is 7.65. The first-order valence-electron chi connectivity index (χ1n) is 5.74. The molecule has 0 nitrogen and oxygen atoms in total. The number of alkyl halides is 1. The fraction of sp³-hybridized carbons (Fsp3) is 0.538. The maximum absolute atomic E-state index is 6.53. The molecule has 0 heterocycles. The Morgan fingerprint density at radius 2 is 1.75 bits per heavy atom. The number of rotatable bonds is 2. The summed E-state index contributed by atoms with van der Waals surface area (Å²) in [4.78, 5) is 0. The van der Waals surface area contributed by atoms with Gasteiger partial charge in [0, 0.05) is 10.0 Å². The number of fused-ring (bicyclic) bond motifs is 1. The minimum atomic E-state index is 0.0269. The molecule has 2 aliphatic rings. The van der Waals surface area contributed by atoms with Gasteiger partial charge in [-0.15, -0.1) is 11.6 Å². The Balaban J connectivity index is 1.82. The van der Waals surface area contributed by atoms with Crippen molar-refractivity contribution >= 4 is 34.8 Å². The monoisotopic (exact) mass is 274 g/mol. The molecular formula is C13H13Cl3. The van der Waals surface area contributed by atoms with Crippen LogP contribution < -0.4 is 0 Å². The Labute approximate surface area is 111 Å². The van der Waals surface area contributed by atoms with Gasteiger partial charge in [0.1, 0.15) is 0 Å². The van der Waals surface area contributed by atoms with E-state index in [2.05, 4.69) is 0 Å². The molecular weight excluding hydrogens is 263 g/mol. The van der Waals surface area contributed by atoms with Crippen molar-refractivity contribution in [2.45, 2.75) is 24.6 Å². The third-order valence-corrected chi connectivity index (χ3v) is 5.12. The van der Waals surface area contributed by atoms with Gasteiger partial charge < -0.3 is 0 Å². The largest absolute Gasteiger partial charge is 0.117 e. The summed E-state index contributed by atoms with van der Waals surface area (Å²) in [5, 5.41) is 1.48. The Morgan fingerprint density at radius 1 is 1.06 bits per heavy atom. The summed E-state index contributed by atoms with van der Waals surface area (Å²) in [6.07, 6.45) is 3.95. The van der Waals surface area contributed by atoms with Crippen molar-refractivity contribution < 1.29 is 0 Å². The van der Waals surface area contributed by atoms with E-state index in [1.807, 2.05) is 18.2 Å². The van der Waals surface area contributed by atoms with Crippen molar-refractivity contribution in [2.24, 2.45) is 17.8 Å². The van der Waals surface area contributed by atoms with E-state index in [0.717, 1.165) is 22.4 Å². The lowest BCUT2D eigenvalue weighted by Crippen LogP contribution is -2.06. The highest BCUT2D eigenvalue weighted by Crippen LogP contribution is 2.58. The second-order valence-electron chi connectivity index (χ2n) is 5.05. The smallest absolute Gasteiger partial charge is 0.0628 e. The van der Waals surface area contributed by atoms with E-state index < -0.39 is 0 Å². The number of benzene rings is 1. The van der Waals surface area contributed by atoms with E-state index in [0.29, 0.717) is 10.9 Å². The second kappa shape index (κ2) is 4.08. The van der Waals surface area contributed by atoms with Crippen LogP contribution >= 0.6 is 34.8 Å². The molecule has 2 aliphatic carbocycles. The molecule has 3 heteroatoms. The maximum atomic E-state index is 6.53. The second-order valence-corrected chi connectivity index (χ2v) is 6.37. The normalized spacial score (nSPS) is 33.6. The van der Waals surface area contributed by atoms with Gasteiger partial charge in [-0.1, -0.05) is 23.2 Å². The molecule has 1 aromatic carbocycles. The van der Waals surface area contributed by atoms with Crippen LogP contribution in [0.25, 0.3) is 0 Å². The summed E-state index contributed by atoms with van der Waals surface area (Å²) < 4.78 is 0. The number of hydrogen-bond donors (Lipinski definition) is 0. The molecule has 0 radical (unpaired) electrons. The maximum Gasteiger partial charge on any atom is 0.0628 e. The fourth-order valence-corrected chi connectivity index (χ4v) is 3.84. The van der Waals surface area contributed by atoms with E-state index in [4.69, 9.17) is 34.8 Å². The minimum Gasteiger partial charge on any atom is -0.117 e. The van der Waals surface area contributed by atoms with Crippen molar-refractivity contribution in [3.05, 3.63) is 33.8 Å². The molecule has 16 heavy (non-hydrogen) atoms. The van der Waals surface area contributed by atoms with Gasteiger partial charge in [-0.05, 0) is 60.8 Å². The fourth-order valence-electron chi connectivity index (χ4n) is 2.98. The number of hydrogen-bond acceptors (Lipinski definition) is 0. The molecule has 2 saturated carbocycles. The summed E-state index contributed by atoms with van der Waals surface area (Å²) in [5.74, 6) is 2.48. The highest BCUT2D eigenvalue weighted by atomic mass is 35.5. The lowest BCUT2D eigenvalue weighted by Gasteiger charge is -2.20. The van der Waals surface area contributed by atoms with Crippen molar-refractivity contribution in [2.75, 3.05) is 0 Å². The molecule has 3 unspecified atom stereocenters. The van der Waals surface area contributed by atoms with E-state index in [1.54, 1.807) is 0 Å². The van der Waals surface area contributed by atoms with E-state index in [-0.39, 0.29) is 5.38 Å². The zero-order valence-electron chi connectivity index (χ0n) is 8.80. The Morgan fingerprint density at radius 3 is 2.44 bits per heavy atom. The summed E-state index contributed by atoms with van der Waals surface area (Å²) in [6.45, 7) is 0. The third kappa shape index (κ3) is 1.96. The predicted octanol–water partition coefficient (Wildman–Crippen LogP) is 5.32.